The molecule has 0 radical (unpaired) electrons. The number of aliphatic hydroxyl groups excluding tert-OH is 1. The second-order valence-electron chi connectivity index (χ2n) is 5.66. The molecular formula is C20H18N2O3S. The number of anilines is 1. The van der Waals surface area contributed by atoms with E-state index >= 15 is 0 Å². The molecule has 5 nitrogen and oxygen atoms in total. The molecule has 0 atom stereocenters. The highest BCUT2D eigenvalue weighted by atomic mass is 32.1. The number of amides is 1. The molecule has 0 heterocycles. The van der Waals surface area contributed by atoms with Crippen LogP contribution in [0.1, 0.15) is 5.56 Å². The van der Waals surface area contributed by atoms with Gasteiger partial charge in [0.2, 0.25) is 0 Å². The van der Waals surface area contributed by atoms with E-state index in [0.29, 0.717) is 11.4 Å². The Kier molecular flexibility index (Phi) is 5.78. The maximum Gasteiger partial charge on any atom is 0.264 e. The zero-order chi connectivity index (χ0) is 18.4. The summed E-state index contributed by atoms with van der Waals surface area (Å²) in [6.45, 7) is -0.203. The summed E-state index contributed by atoms with van der Waals surface area (Å²) in [6.07, 6.45) is 0. The van der Waals surface area contributed by atoms with Gasteiger partial charge in [0.25, 0.3) is 5.91 Å². The summed E-state index contributed by atoms with van der Waals surface area (Å²) in [5.41, 5.74) is 1.45. The molecule has 0 saturated carbocycles. The average Bonchev–Trinajstić information content (AvgIpc) is 2.66. The van der Waals surface area contributed by atoms with Gasteiger partial charge in [-0.2, -0.15) is 0 Å². The standard InChI is InChI=1S/C20H18N2O3S/c23-12-14-4-3-7-17(10-14)21-20(26)22-19(24)13-25-18-9-8-15-5-1-2-6-16(15)11-18/h1-11,23H,12-13H2,(H2,21,22,24,26). The Balaban J connectivity index is 1.51. The Labute approximate surface area is 156 Å². The number of thiocarbonyl (C=S) groups is 1. The van der Waals surface area contributed by atoms with Crippen molar-refractivity contribution in [2.75, 3.05) is 11.9 Å². The normalized spacial score (nSPS) is 10.3. The van der Waals surface area contributed by atoms with Crippen molar-refractivity contribution >= 4 is 39.7 Å². The van der Waals surface area contributed by atoms with Crippen LogP contribution in [-0.2, 0) is 11.4 Å². The van der Waals surface area contributed by atoms with Gasteiger partial charge < -0.3 is 15.2 Å². The molecule has 3 aromatic carbocycles. The average molecular weight is 366 g/mol. The van der Waals surface area contributed by atoms with Crippen molar-refractivity contribution in [3.05, 3.63) is 72.3 Å². The number of nitrogens with one attached hydrogen (secondary N) is 2. The highest BCUT2D eigenvalue weighted by molar-refractivity contribution is 7.80. The van der Waals surface area contributed by atoms with Crippen LogP contribution in [0, 0.1) is 0 Å². The fourth-order valence-electron chi connectivity index (χ4n) is 2.48. The first-order chi connectivity index (χ1) is 12.6. The zero-order valence-corrected chi connectivity index (χ0v) is 14.8. The van der Waals surface area contributed by atoms with Crippen molar-refractivity contribution in [2.24, 2.45) is 0 Å². The molecule has 3 aromatic rings. The molecule has 3 N–H and O–H groups in total. The Morgan fingerprint density at radius 3 is 2.62 bits per heavy atom. The summed E-state index contributed by atoms with van der Waals surface area (Å²) in [5, 5.41) is 16.9. The van der Waals surface area contributed by atoms with Crippen molar-refractivity contribution in [2.45, 2.75) is 6.61 Å². The fraction of sp³-hybridized carbons (Fsp3) is 0.100. The summed E-state index contributed by atoms with van der Waals surface area (Å²) in [4.78, 5) is 12.0. The van der Waals surface area contributed by atoms with Crippen LogP contribution in [0.4, 0.5) is 5.69 Å². The van der Waals surface area contributed by atoms with Gasteiger partial charge >= 0.3 is 0 Å². The van der Waals surface area contributed by atoms with Gasteiger partial charge in [0, 0.05) is 5.69 Å². The molecule has 3 rings (SSSR count). The minimum atomic E-state index is -0.353. The summed E-state index contributed by atoms with van der Waals surface area (Å²) < 4.78 is 5.53. The topological polar surface area (TPSA) is 70.6 Å². The van der Waals surface area contributed by atoms with Crippen LogP contribution in [0.2, 0.25) is 0 Å². The second kappa shape index (κ2) is 8.42. The van der Waals surface area contributed by atoms with Crippen molar-refractivity contribution in [3.63, 3.8) is 0 Å². The van der Waals surface area contributed by atoms with E-state index in [9.17, 15) is 4.79 Å². The third kappa shape index (κ3) is 4.78. The molecular weight excluding hydrogens is 348 g/mol. The number of fused-ring (bicyclic) bond motifs is 1. The first kappa shape index (κ1) is 17.8. The molecule has 0 bridgehead atoms. The lowest BCUT2D eigenvalue weighted by atomic mass is 10.1. The molecule has 0 aliphatic rings. The molecule has 0 fully saturated rings. The van der Waals surface area contributed by atoms with Gasteiger partial charge in [-0.25, -0.2) is 0 Å². The summed E-state index contributed by atoms with van der Waals surface area (Å²) in [7, 11) is 0. The number of carbonyl (C=O) groups is 1. The summed E-state index contributed by atoms with van der Waals surface area (Å²) >= 11 is 5.12. The molecule has 132 valence electrons. The molecule has 1 amide bonds. The number of ether oxygens (including phenoxy) is 1. The largest absolute Gasteiger partial charge is 0.484 e. The number of benzene rings is 3. The van der Waals surface area contributed by atoms with Gasteiger partial charge in [-0.3, -0.25) is 10.1 Å². The lowest BCUT2D eigenvalue weighted by molar-refractivity contribution is -0.121. The monoisotopic (exact) mass is 366 g/mol. The minimum Gasteiger partial charge on any atom is -0.484 e. The molecule has 0 spiro atoms. The first-order valence-electron chi connectivity index (χ1n) is 8.06. The van der Waals surface area contributed by atoms with Gasteiger partial charge in [0.15, 0.2) is 11.7 Å². The lowest BCUT2D eigenvalue weighted by Gasteiger charge is -2.11. The van der Waals surface area contributed by atoms with E-state index in [4.69, 9.17) is 22.1 Å². The molecule has 0 saturated heterocycles. The maximum absolute atomic E-state index is 12.0. The van der Waals surface area contributed by atoms with Gasteiger partial charge in [-0.05, 0) is 52.8 Å². The predicted molar refractivity (Wildman–Crippen MR) is 106 cm³/mol. The van der Waals surface area contributed by atoms with E-state index in [2.05, 4.69) is 10.6 Å². The molecule has 0 unspecified atom stereocenters. The van der Waals surface area contributed by atoms with E-state index in [-0.39, 0.29) is 24.2 Å². The van der Waals surface area contributed by atoms with Crippen molar-refractivity contribution in [3.8, 4) is 5.75 Å². The van der Waals surface area contributed by atoms with Crippen LogP contribution in [0.25, 0.3) is 10.8 Å². The lowest BCUT2D eigenvalue weighted by Crippen LogP contribution is -2.37. The van der Waals surface area contributed by atoms with Crippen LogP contribution >= 0.6 is 12.2 Å². The van der Waals surface area contributed by atoms with E-state index in [1.165, 1.54) is 0 Å². The van der Waals surface area contributed by atoms with Crippen LogP contribution in [0.3, 0.4) is 0 Å². The molecule has 0 aliphatic heterocycles. The number of aliphatic hydroxyl groups is 1. The third-order valence-electron chi connectivity index (χ3n) is 3.71. The second-order valence-corrected chi connectivity index (χ2v) is 6.07. The summed E-state index contributed by atoms with van der Waals surface area (Å²) in [6, 6.07) is 20.7. The number of hydrogen-bond donors (Lipinski definition) is 3. The predicted octanol–water partition coefficient (Wildman–Crippen LogP) is 3.22. The van der Waals surface area contributed by atoms with Crippen molar-refractivity contribution in [1.82, 2.24) is 5.32 Å². The number of carbonyl (C=O) groups excluding carboxylic acids is 1. The van der Waals surface area contributed by atoms with Gasteiger partial charge in [0.05, 0.1) is 6.61 Å². The van der Waals surface area contributed by atoms with Crippen LogP contribution in [0.5, 0.6) is 5.75 Å². The van der Waals surface area contributed by atoms with Crippen LogP contribution in [0.15, 0.2) is 66.7 Å². The number of rotatable bonds is 5. The van der Waals surface area contributed by atoms with Gasteiger partial charge in [-0.1, -0.05) is 42.5 Å². The van der Waals surface area contributed by atoms with Crippen LogP contribution in [-0.4, -0.2) is 22.7 Å². The smallest absolute Gasteiger partial charge is 0.264 e. The maximum atomic E-state index is 12.0. The van der Waals surface area contributed by atoms with Gasteiger partial charge in [-0.15, -0.1) is 0 Å². The Bertz CT molecular complexity index is 943. The highest BCUT2D eigenvalue weighted by Gasteiger charge is 2.07. The van der Waals surface area contributed by atoms with Crippen molar-refractivity contribution in [1.29, 1.82) is 0 Å². The SMILES string of the molecule is O=C(COc1ccc2ccccc2c1)NC(=S)Nc1cccc(CO)c1. The Hall–Kier alpha value is -2.96. The Morgan fingerprint density at radius 2 is 1.81 bits per heavy atom. The van der Waals surface area contributed by atoms with Crippen LogP contribution < -0.4 is 15.4 Å². The minimum absolute atomic E-state index is 0.0613. The van der Waals surface area contributed by atoms with E-state index in [1.807, 2.05) is 42.5 Å². The molecule has 6 heteroatoms. The zero-order valence-electron chi connectivity index (χ0n) is 13.9. The Morgan fingerprint density at radius 1 is 1.00 bits per heavy atom. The summed E-state index contributed by atoms with van der Waals surface area (Å²) in [5.74, 6) is 0.266. The van der Waals surface area contributed by atoms with Gasteiger partial charge in [0.1, 0.15) is 5.75 Å². The van der Waals surface area contributed by atoms with Crippen molar-refractivity contribution < 1.29 is 14.6 Å². The highest BCUT2D eigenvalue weighted by Crippen LogP contribution is 2.20. The number of hydrogen-bond acceptors (Lipinski definition) is 4. The molecule has 0 aliphatic carbocycles. The van der Waals surface area contributed by atoms with E-state index in [0.717, 1.165) is 16.3 Å². The molecule has 26 heavy (non-hydrogen) atoms. The molecule has 0 aromatic heterocycles. The fourth-order valence-corrected chi connectivity index (χ4v) is 2.71. The van der Waals surface area contributed by atoms with E-state index < -0.39 is 0 Å². The quantitative estimate of drug-likeness (QED) is 0.605. The first-order valence-corrected chi connectivity index (χ1v) is 8.47. The van der Waals surface area contributed by atoms with E-state index in [1.54, 1.807) is 24.3 Å². The third-order valence-corrected chi connectivity index (χ3v) is 3.92.